The normalized spacial score (nSPS) is 12.5. The van der Waals surface area contributed by atoms with Crippen LogP contribution in [0.1, 0.15) is 20.8 Å². The van der Waals surface area contributed by atoms with Gasteiger partial charge in [0.25, 0.3) is 5.91 Å². The number of amides is 1. The summed E-state index contributed by atoms with van der Waals surface area (Å²) in [5.41, 5.74) is 0.534. The molecule has 22 heavy (non-hydrogen) atoms. The van der Waals surface area contributed by atoms with Crippen LogP contribution in [-0.4, -0.2) is 28.5 Å². The van der Waals surface area contributed by atoms with E-state index in [0.29, 0.717) is 26.9 Å². The lowest BCUT2D eigenvalue weighted by Gasteiger charge is -2.17. The summed E-state index contributed by atoms with van der Waals surface area (Å²) in [7, 11) is 0. The highest BCUT2D eigenvalue weighted by Crippen LogP contribution is 2.30. The van der Waals surface area contributed by atoms with Gasteiger partial charge in [-0.3, -0.25) is 4.79 Å². The minimum Gasteiger partial charge on any atom is -0.467 e. The van der Waals surface area contributed by atoms with Crippen LogP contribution in [0.3, 0.4) is 0 Å². The second-order valence-corrected chi connectivity index (χ2v) is 6.20. The summed E-state index contributed by atoms with van der Waals surface area (Å²) >= 11 is 12.1. The lowest BCUT2D eigenvalue weighted by molar-refractivity contribution is -0.124. The first-order valence-electron chi connectivity index (χ1n) is 6.90. The summed E-state index contributed by atoms with van der Waals surface area (Å²) in [6, 6.07) is 3.33. The number of fused-ring (bicyclic) bond motifs is 1. The van der Waals surface area contributed by atoms with Crippen LogP contribution in [0.4, 0.5) is 0 Å². The zero-order valence-electron chi connectivity index (χ0n) is 12.6. The first-order chi connectivity index (χ1) is 10.4. The van der Waals surface area contributed by atoms with Gasteiger partial charge in [0.1, 0.15) is 6.33 Å². The van der Waals surface area contributed by atoms with Crippen molar-refractivity contribution >= 4 is 40.0 Å². The molecule has 0 radical (unpaired) electrons. The largest absolute Gasteiger partial charge is 0.467 e. The fraction of sp³-hybridized carbons (Fsp3) is 0.400. The van der Waals surface area contributed by atoms with Crippen LogP contribution in [0.2, 0.25) is 10.0 Å². The Balaban J connectivity index is 2.14. The van der Waals surface area contributed by atoms with E-state index in [4.69, 9.17) is 27.9 Å². The Hall–Kier alpha value is -1.59. The Kier molecular flexibility index (Phi) is 5.42. The first kappa shape index (κ1) is 16.8. The molecule has 118 valence electrons. The van der Waals surface area contributed by atoms with Crippen LogP contribution in [0, 0.1) is 5.92 Å². The quantitative estimate of drug-likeness (QED) is 0.904. The Labute approximate surface area is 139 Å². The van der Waals surface area contributed by atoms with Crippen molar-refractivity contribution in [1.82, 2.24) is 15.3 Å². The zero-order chi connectivity index (χ0) is 16.3. The average Bonchev–Trinajstić information content (AvgIpc) is 2.45. The molecule has 0 spiro atoms. The molecule has 0 fully saturated rings. The van der Waals surface area contributed by atoms with Gasteiger partial charge < -0.3 is 10.1 Å². The molecule has 1 atom stereocenters. The van der Waals surface area contributed by atoms with E-state index in [1.54, 1.807) is 12.1 Å². The van der Waals surface area contributed by atoms with Crippen molar-refractivity contribution in [3.05, 3.63) is 28.5 Å². The molecule has 2 rings (SSSR count). The topological polar surface area (TPSA) is 64.1 Å². The predicted molar refractivity (Wildman–Crippen MR) is 87.5 cm³/mol. The molecule has 2 aromatic rings. The van der Waals surface area contributed by atoms with Gasteiger partial charge in [0.2, 0.25) is 5.88 Å². The van der Waals surface area contributed by atoms with Crippen molar-refractivity contribution in [2.24, 2.45) is 5.92 Å². The molecule has 0 aliphatic rings. The fourth-order valence-electron chi connectivity index (χ4n) is 1.78. The zero-order valence-corrected chi connectivity index (χ0v) is 14.1. The van der Waals surface area contributed by atoms with E-state index in [0.717, 1.165) is 0 Å². The van der Waals surface area contributed by atoms with Crippen molar-refractivity contribution in [3.63, 3.8) is 0 Å². The molecule has 0 unspecified atom stereocenters. The van der Waals surface area contributed by atoms with Crippen LogP contribution in [-0.2, 0) is 4.79 Å². The minimum atomic E-state index is -0.207. The van der Waals surface area contributed by atoms with Gasteiger partial charge in [-0.05, 0) is 25.0 Å². The number of aromatic nitrogens is 2. The van der Waals surface area contributed by atoms with Gasteiger partial charge in [0.05, 0.1) is 15.9 Å². The maximum atomic E-state index is 11.9. The molecule has 1 aromatic carbocycles. The van der Waals surface area contributed by atoms with E-state index < -0.39 is 0 Å². The Morgan fingerprint density at radius 1 is 1.27 bits per heavy atom. The van der Waals surface area contributed by atoms with Gasteiger partial charge in [-0.15, -0.1) is 0 Å². The van der Waals surface area contributed by atoms with Gasteiger partial charge in [0, 0.05) is 11.1 Å². The molecule has 1 amide bonds. The fourth-order valence-corrected chi connectivity index (χ4v) is 2.32. The number of hydrogen-bond acceptors (Lipinski definition) is 4. The summed E-state index contributed by atoms with van der Waals surface area (Å²) in [5.74, 6) is 0.421. The van der Waals surface area contributed by atoms with Crippen molar-refractivity contribution in [3.8, 4) is 5.88 Å². The summed E-state index contributed by atoms with van der Waals surface area (Å²) < 4.78 is 5.49. The second-order valence-electron chi connectivity index (χ2n) is 5.35. The van der Waals surface area contributed by atoms with Crippen LogP contribution >= 0.6 is 23.2 Å². The van der Waals surface area contributed by atoms with Gasteiger partial charge in [0.15, 0.2) is 6.61 Å². The maximum absolute atomic E-state index is 11.9. The predicted octanol–water partition coefficient (Wildman–Crippen LogP) is 3.48. The van der Waals surface area contributed by atoms with Gasteiger partial charge >= 0.3 is 0 Å². The number of ether oxygens (including phenoxy) is 1. The highest BCUT2D eigenvalue weighted by atomic mass is 35.5. The Morgan fingerprint density at radius 3 is 2.68 bits per heavy atom. The van der Waals surface area contributed by atoms with E-state index in [2.05, 4.69) is 15.3 Å². The Morgan fingerprint density at radius 2 is 2.00 bits per heavy atom. The van der Waals surface area contributed by atoms with Crippen LogP contribution < -0.4 is 10.1 Å². The number of nitrogens with one attached hydrogen (secondary N) is 1. The smallest absolute Gasteiger partial charge is 0.258 e. The van der Waals surface area contributed by atoms with E-state index in [-0.39, 0.29) is 24.4 Å². The molecule has 1 aromatic heterocycles. The monoisotopic (exact) mass is 341 g/mol. The van der Waals surface area contributed by atoms with E-state index in [9.17, 15) is 4.79 Å². The van der Waals surface area contributed by atoms with Crippen molar-refractivity contribution in [2.75, 3.05) is 6.61 Å². The van der Waals surface area contributed by atoms with E-state index in [1.165, 1.54) is 6.33 Å². The number of carbonyl (C=O) groups is 1. The number of rotatable bonds is 5. The lowest BCUT2D eigenvalue weighted by atomic mass is 10.1. The number of hydrogen-bond donors (Lipinski definition) is 1. The molecule has 1 heterocycles. The molecular weight excluding hydrogens is 325 g/mol. The van der Waals surface area contributed by atoms with E-state index in [1.807, 2.05) is 20.8 Å². The molecule has 0 aliphatic heterocycles. The van der Waals surface area contributed by atoms with Crippen LogP contribution in [0.15, 0.2) is 18.5 Å². The summed E-state index contributed by atoms with van der Waals surface area (Å²) in [5, 5.41) is 4.30. The summed E-state index contributed by atoms with van der Waals surface area (Å²) in [4.78, 5) is 20.0. The molecule has 5 nitrogen and oxygen atoms in total. The molecule has 7 heteroatoms. The van der Waals surface area contributed by atoms with E-state index >= 15 is 0 Å². The SMILES string of the molecule is CC(C)[C@H](C)NC(=O)COc1ncnc2c(Cl)cc(Cl)cc12. The highest BCUT2D eigenvalue weighted by molar-refractivity contribution is 6.38. The second kappa shape index (κ2) is 7.11. The van der Waals surface area contributed by atoms with Crippen molar-refractivity contribution in [2.45, 2.75) is 26.8 Å². The maximum Gasteiger partial charge on any atom is 0.258 e. The summed E-state index contributed by atoms with van der Waals surface area (Å²) in [6.45, 7) is 5.89. The summed E-state index contributed by atoms with van der Waals surface area (Å²) in [6.07, 6.45) is 1.34. The third-order valence-electron chi connectivity index (χ3n) is 3.35. The van der Waals surface area contributed by atoms with Crippen molar-refractivity contribution in [1.29, 1.82) is 0 Å². The number of nitrogens with zero attached hydrogens (tertiary/aromatic N) is 2. The molecule has 0 saturated heterocycles. The van der Waals surface area contributed by atoms with Crippen LogP contribution in [0.25, 0.3) is 10.9 Å². The number of carbonyl (C=O) groups excluding carboxylic acids is 1. The highest BCUT2D eigenvalue weighted by Gasteiger charge is 2.14. The molecular formula is C15H17Cl2N3O2. The minimum absolute atomic E-state index is 0.0714. The first-order valence-corrected chi connectivity index (χ1v) is 7.66. The van der Waals surface area contributed by atoms with Gasteiger partial charge in [-0.25, -0.2) is 9.97 Å². The lowest BCUT2D eigenvalue weighted by Crippen LogP contribution is -2.39. The number of benzene rings is 1. The van der Waals surface area contributed by atoms with Crippen LogP contribution in [0.5, 0.6) is 5.88 Å². The number of halogens is 2. The third-order valence-corrected chi connectivity index (χ3v) is 3.86. The molecule has 0 aliphatic carbocycles. The third kappa shape index (κ3) is 3.99. The van der Waals surface area contributed by atoms with Gasteiger partial charge in [-0.1, -0.05) is 37.0 Å². The standard InChI is InChI=1S/C15H17Cl2N3O2/c1-8(2)9(3)20-13(21)6-22-15-11-4-10(16)5-12(17)14(11)18-7-19-15/h4-5,7-9H,6H2,1-3H3,(H,20,21)/t9-/m0/s1. The molecule has 1 N–H and O–H groups in total. The van der Waals surface area contributed by atoms with Gasteiger partial charge in [-0.2, -0.15) is 0 Å². The van der Waals surface area contributed by atoms with Crippen molar-refractivity contribution < 1.29 is 9.53 Å². The molecule has 0 bridgehead atoms. The Bertz CT molecular complexity index is 692. The average molecular weight is 342 g/mol. The molecule has 0 saturated carbocycles.